The number of hydrogen-bond donors (Lipinski definition) is 1. The summed E-state index contributed by atoms with van der Waals surface area (Å²) in [4.78, 5) is 12.1. The summed E-state index contributed by atoms with van der Waals surface area (Å²) in [5, 5.41) is 3.01. The molecular formula is C17H18ClNO. The molecule has 0 saturated carbocycles. The molecule has 0 spiro atoms. The highest BCUT2D eigenvalue weighted by Gasteiger charge is 2.10. The van der Waals surface area contributed by atoms with E-state index in [0.717, 1.165) is 12.0 Å². The quantitative estimate of drug-likeness (QED) is 0.833. The van der Waals surface area contributed by atoms with Crippen molar-refractivity contribution >= 4 is 17.5 Å². The predicted molar refractivity (Wildman–Crippen MR) is 83.1 cm³/mol. The molecule has 2 aromatic rings. The molecule has 0 aliphatic rings. The summed E-state index contributed by atoms with van der Waals surface area (Å²) in [7, 11) is 0. The lowest BCUT2D eigenvalue weighted by atomic mass is 10.1. The van der Waals surface area contributed by atoms with Gasteiger partial charge in [0.05, 0.1) is 0 Å². The van der Waals surface area contributed by atoms with E-state index in [1.165, 1.54) is 5.56 Å². The van der Waals surface area contributed by atoms with E-state index in [2.05, 4.69) is 17.4 Å². The normalized spacial score (nSPS) is 11.9. The molecular weight excluding hydrogens is 270 g/mol. The first-order chi connectivity index (χ1) is 9.69. The molecule has 0 bridgehead atoms. The lowest BCUT2D eigenvalue weighted by molar-refractivity contribution is 0.0940. The molecule has 2 aromatic carbocycles. The summed E-state index contributed by atoms with van der Waals surface area (Å²) in [5.74, 6) is 0.418. The van der Waals surface area contributed by atoms with Crippen LogP contribution in [0.25, 0.3) is 0 Å². The van der Waals surface area contributed by atoms with Gasteiger partial charge in [0.25, 0.3) is 5.91 Å². The zero-order chi connectivity index (χ0) is 14.4. The van der Waals surface area contributed by atoms with Crippen LogP contribution in [0.1, 0.15) is 28.4 Å². The molecule has 0 aliphatic carbocycles. The highest BCUT2D eigenvalue weighted by atomic mass is 35.5. The van der Waals surface area contributed by atoms with Crippen LogP contribution in [-0.4, -0.2) is 11.9 Å². The van der Waals surface area contributed by atoms with Gasteiger partial charge in [-0.3, -0.25) is 4.79 Å². The van der Waals surface area contributed by atoms with Crippen molar-refractivity contribution in [2.75, 3.05) is 0 Å². The second kappa shape index (κ2) is 7.11. The van der Waals surface area contributed by atoms with E-state index in [4.69, 9.17) is 11.6 Å². The predicted octanol–water partition coefficient (Wildman–Crippen LogP) is 3.79. The van der Waals surface area contributed by atoms with Gasteiger partial charge in [-0.25, -0.2) is 0 Å². The topological polar surface area (TPSA) is 29.1 Å². The van der Waals surface area contributed by atoms with E-state index < -0.39 is 0 Å². The zero-order valence-electron chi connectivity index (χ0n) is 11.5. The highest BCUT2D eigenvalue weighted by Crippen LogP contribution is 2.08. The number of carbonyl (C=O) groups is 1. The van der Waals surface area contributed by atoms with Gasteiger partial charge in [-0.1, -0.05) is 42.5 Å². The summed E-state index contributed by atoms with van der Waals surface area (Å²) >= 11 is 5.73. The molecule has 2 nitrogen and oxygen atoms in total. The number of alkyl halides is 1. The monoisotopic (exact) mass is 287 g/mol. The third kappa shape index (κ3) is 4.10. The van der Waals surface area contributed by atoms with Gasteiger partial charge in [0, 0.05) is 17.5 Å². The molecule has 0 heterocycles. The van der Waals surface area contributed by atoms with E-state index in [0.29, 0.717) is 11.4 Å². The maximum absolute atomic E-state index is 12.1. The minimum atomic E-state index is -0.0467. The first-order valence-corrected chi connectivity index (χ1v) is 7.22. The first-order valence-electron chi connectivity index (χ1n) is 6.68. The molecule has 3 heteroatoms. The Kier molecular flexibility index (Phi) is 5.19. The van der Waals surface area contributed by atoms with Crippen LogP contribution in [0.15, 0.2) is 54.6 Å². The summed E-state index contributed by atoms with van der Waals surface area (Å²) in [6, 6.07) is 17.6. The van der Waals surface area contributed by atoms with Crippen LogP contribution < -0.4 is 5.32 Å². The minimum Gasteiger partial charge on any atom is -0.349 e. The SMILES string of the molecule is C[C@H](Cc1ccccc1)NC(=O)c1ccc(CCl)cc1. The van der Waals surface area contributed by atoms with Gasteiger partial charge in [0.2, 0.25) is 0 Å². The molecule has 20 heavy (non-hydrogen) atoms. The van der Waals surface area contributed by atoms with E-state index >= 15 is 0 Å². The van der Waals surface area contributed by atoms with Gasteiger partial charge < -0.3 is 5.32 Å². The largest absolute Gasteiger partial charge is 0.349 e. The van der Waals surface area contributed by atoms with Crippen molar-refractivity contribution in [3.63, 3.8) is 0 Å². The summed E-state index contributed by atoms with van der Waals surface area (Å²) in [5.41, 5.74) is 2.90. The molecule has 0 unspecified atom stereocenters. The maximum Gasteiger partial charge on any atom is 0.251 e. The molecule has 0 aliphatic heterocycles. The maximum atomic E-state index is 12.1. The van der Waals surface area contributed by atoms with Gasteiger partial charge in [-0.15, -0.1) is 11.6 Å². The Labute approximate surface area is 124 Å². The number of halogens is 1. The lowest BCUT2D eigenvalue weighted by Gasteiger charge is -2.14. The van der Waals surface area contributed by atoms with Crippen molar-refractivity contribution in [3.8, 4) is 0 Å². The van der Waals surface area contributed by atoms with Crippen LogP contribution in [0.5, 0.6) is 0 Å². The zero-order valence-corrected chi connectivity index (χ0v) is 12.2. The van der Waals surface area contributed by atoms with Crippen LogP contribution in [0.2, 0.25) is 0 Å². The van der Waals surface area contributed by atoms with Crippen LogP contribution in [0, 0.1) is 0 Å². The van der Waals surface area contributed by atoms with Crippen LogP contribution in [0.4, 0.5) is 0 Å². The smallest absolute Gasteiger partial charge is 0.251 e. The molecule has 1 N–H and O–H groups in total. The second-order valence-corrected chi connectivity index (χ2v) is 5.16. The Hall–Kier alpha value is -1.80. The number of rotatable bonds is 5. The molecule has 104 valence electrons. The molecule has 0 saturated heterocycles. The molecule has 2 rings (SSSR count). The average Bonchev–Trinajstić information content (AvgIpc) is 2.48. The van der Waals surface area contributed by atoms with E-state index in [1.54, 1.807) is 0 Å². The number of hydrogen-bond acceptors (Lipinski definition) is 1. The van der Waals surface area contributed by atoms with Crippen molar-refractivity contribution < 1.29 is 4.79 Å². The molecule has 1 atom stereocenters. The average molecular weight is 288 g/mol. The van der Waals surface area contributed by atoms with Crippen LogP contribution in [-0.2, 0) is 12.3 Å². The van der Waals surface area contributed by atoms with Crippen molar-refractivity contribution in [2.45, 2.75) is 25.3 Å². The van der Waals surface area contributed by atoms with Crippen molar-refractivity contribution in [3.05, 3.63) is 71.3 Å². The van der Waals surface area contributed by atoms with Gasteiger partial charge in [-0.05, 0) is 36.6 Å². The number of amides is 1. The highest BCUT2D eigenvalue weighted by molar-refractivity contribution is 6.17. The van der Waals surface area contributed by atoms with Crippen molar-refractivity contribution in [2.24, 2.45) is 0 Å². The Balaban J connectivity index is 1.93. The second-order valence-electron chi connectivity index (χ2n) is 4.89. The Morgan fingerprint density at radius 1 is 1.05 bits per heavy atom. The molecule has 0 radical (unpaired) electrons. The van der Waals surface area contributed by atoms with Crippen LogP contribution >= 0.6 is 11.6 Å². The number of nitrogens with one attached hydrogen (secondary N) is 1. The Morgan fingerprint density at radius 3 is 2.30 bits per heavy atom. The van der Waals surface area contributed by atoms with Gasteiger partial charge in [-0.2, -0.15) is 0 Å². The number of benzene rings is 2. The summed E-state index contributed by atoms with van der Waals surface area (Å²) < 4.78 is 0. The van der Waals surface area contributed by atoms with E-state index in [9.17, 15) is 4.79 Å². The summed E-state index contributed by atoms with van der Waals surface area (Å²) in [6.07, 6.45) is 0.826. The Bertz CT molecular complexity index is 551. The molecule has 1 amide bonds. The van der Waals surface area contributed by atoms with Gasteiger partial charge in [0.1, 0.15) is 0 Å². The third-order valence-corrected chi connectivity index (χ3v) is 3.44. The fraction of sp³-hybridized carbons (Fsp3) is 0.235. The number of carbonyl (C=O) groups excluding carboxylic acids is 1. The van der Waals surface area contributed by atoms with Crippen molar-refractivity contribution in [1.29, 1.82) is 0 Å². The third-order valence-electron chi connectivity index (χ3n) is 3.13. The van der Waals surface area contributed by atoms with E-state index in [-0.39, 0.29) is 11.9 Å². The minimum absolute atomic E-state index is 0.0467. The van der Waals surface area contributed by atoms with Crippen LogP contribution in [0.3, 0.4) is 0 Å². The first kappa shape index (κ1) is 14.6. The fourth-order valence-electron chi connectivity index (χ4n) is 2.07. The van der Waals surface area contributed by atoms with Gasteiger partial charge in [0.15, 0.2) is 0 Å². The standard InChI is InChI=1S/C17H18ClNO/c1-13(11-14-5-3-2-4-6-14)19-17(20)16-9-7-15(12-18)8-10-16/h2-10,13H,11-12H2,1H3,(H,19,20)/t13-/m1/s1. The lowest BCUT2D eigenvalue weighted by Crippen LogP contribution is -2.34. The van der Waals surface area contributed by atoms with Gasteiger partial charge >= 0.3 is 0 Å². The van der Waals surface area contributed by atoms with Crippen molar-refractivity contribution in [1.82, 2.24) is 5.32 Å². The molecule has 0 fully saturated rings. The fourth-order valence-corrected chi connectivity index (χ4v) is 2.25. The summed E-state index contributed by atoms with van der Waals surface area (Å²) in [6.45, 7) is 2.01. The molecule has 0 aromatic heterocycles. The van der Waals surface area contributed by atoms with E-state index in [1.807, 2.05) is 49.4 Å². The Morgan fingerprint density at radius 2 is 1.70 bits per heavy atom.